The standard InChI is InChI=1S/C15H22BNO3/c1-14(2)15(3,4)20-16(19-14)11-8-12(18-5)13(17-9-11)10-6-7-10/h8-10H,6-7H2,1-5H3/i5D3. The minimum Gasteiger partial charge on any atom is -0.495 e. The second-order valence-corrected chi connectivity index (χ2v) is 6.62. The fraction of sp³-hybridized carbons (Fsp3) is 0.667. The maximum Gasteiger partial charge on any atom is 0.496 e. The van der Waals surface area contributed by atoms with Gasteiger partial charge in [0.2, 0.25) is 0 Å². The van der Waals surface area contributed by atoms with Crippen molar-refractivity contribution in [3.05, 3.63) is 18.0 Å². The molecule has 0 radical (unpaired) electrons. The van der Waals surface area contributed by atoms with Gasteiger partial charge in [0.1, 0.15) is 5.75 Å². The van der Waals surface area contributed by atoms with Crippen LogP contribution in [0.5, 0.6) is 5.75 Å². The summed E-state index contributed by atoms with van der Waals surface area (Å²) in [7, 11) is -3.08. The highest BCUT2D eigenvalue weighted by Crippen LogP contribution is 2.43. The van der Waals surface area contributed by atoms with Gasteiger partial charge in [-0.1, -0.05) is 0 Å². The molecule has 2 aliphatic rings. The lowest BCUT2D eigenvalue weighted by Gasteiger charge is -2.32. The number of rotatable bonds is 3. The Hall–Kier alpha value is -1.07. The molecule has 1 saturated carbocycles. The monoisotopic (exact) mass is 278 g/mol. The van der Waals surface area contributed by atoms with Crippen LogP contribution in [0, 0.1) is 0 Å². The third-order valence-electron chi connectivity index (χ3n) is 4.50. The van der Waals surface area contributed by atoms with Crippen molar-refractivity contribution in [2.75, 3.05) is 7.04 Å². The topological polar surface area (TPSA) is 40.6 Å². The van der Waals surface area contributed by atoms with Crippen LogP contribution in [-0.4, -0.2) is 30.3 Å². The Kier molecular flexibility index (Phi) is 2.37. The van der Waals surface area contributed by atoms with Crippen LogP contribution in [0.1, 0.15) is 56.3 Å². The molecule has 1 saturated heterocycles. The highest BCUT2D eigenvalue weighted by Gasteiger charge is 2.52. The molecular formula is C15H22BNO3. The Balaban J connectivity index is 1.91. The fourth-order valence-corrected chi connectivity index (χ4v) is 2.32. The second kappa shape index (κ2) is 4.47. The van der Waals surface area contributed by atoms with Gasteiger partial charge in [0.15, 0.2) is 0 Å². The molecule has 3 rings (SSSR count). The van der Waals surface area contributed by atoms with Crippen LogP contribution in [0.25, 0.3) is 0 Å². The molecule has 0 bridgehead atoms. The van der Waals surface area contributed by atoms with Crippen molar-refractivity contribution in [2.45, 2.75) is 57.7 Å². The fourth-order valence-electron chi connectivity index (χ4n) is 2.32. The van der Waals surface area contributed by atoms with Crippen LogP contribution in [0.3, 0.4) is 0 Å². The zero-order valence-electron chi connectivity index (χ0n) is 15.4. The van der Waals surface area contributed by atoms with E-state index in [2.05, 4.69) is 4.98 Å². The number of pyridine rings is 1. The molecule has 5 heteroatoms. The van der Waals surface area contributed by atoms with E-state index in [0.29, 0.717) is 22.8 Å². The third kappa shape index (κ3) is 2.23. The molecule has 2 heterocycles. The van der Waals surface area contributed by atoms with Gasteiger partial charge in [0.25, 0.3) is 0 Å². The summed E-state index contributed by atoms with van der Waals surface area (Å²) in [5.41, 5.74) is 0.462. The van der Waals surface area contributed by atoms with E-state index in [1.807, 2.05) is 27.7 Å². The lowest BCUT2D eigenvalue weighted by atomic mass is 9.80. The number of ether oxygens (including phenoxy) is 1. The zero-order chi connectivity index (χ0) is 17.0. The molecule has 0 atom stereocenters. The van der Waals surface area contributed by atoms with Gasteiger partial charge in [-0.15, -0.1) is 0 Å². The molecule has 1 aliphatic carbocycles. The molecule has 1 aromatic heterocycles. The van der Waals surface area contributed by atoms with Crippen molar-refractivity contribution in [1.82, 2.24) is 4.98 Å². The molecular weight excluding hydrogens is 253 g/mol. The number of nitrogens with zero attached hydrogens (tertiary/aromatic N) is 1. The lowest BCUT2D eigenvalue weighted by Crippen LogP contribution is -2.41. The molecule has 0 aromatic carbocycles. The second-order valence-electron chi connectivity index (χ2n) is 6.62. The van der Waals surface area contributed by atoms with Crippen molar-refractivity contribution in [3.8, 4) is 5.75 Å². The summed E-state index contributed by atoms with van der Waals surface area (Å²) in [6.07, 6.45) is 3.72. The normalized spacial score (nSPS) is 26.8. The minimum atomic E-state index is -2.50. The summed E-state index contributed by atoms with van der Waals surface area (Å²) in [6, 6.07) is 1.69. The molecule has 108 valence electrons. The van der Waals surface area contributed by atoms with Gasteiger partial charge in [-0.05, 0) is 46.6 Å². The van der Waals surface area contributed by atoms with E-state index < -0.39 is 25.4 Å². The zero-order valence-corrected chi connectivity index (χ0v) is 12.4. The van der Waals surface area contributed by atoms with Gasteiger partial charge in [-0.2, -0.15) is 0 Å². The first-order valence-electron chi connectivity index (χ1n) is 8.53. The number of hydrogen-bond acceptors (Lipinski definition) is 4. The van der Waals surface area contributed by atoms with Gasteiger partial charge >= 0.3 is 7.12 Å². The average Bonchev–Trinajstić information content (AvgIpc) is 3.16. The van der Waals surface area contributed by atoms with E-state index in [9.17, 15) is 0 Å². The maximum atomic E-state index is 7.35. The highest BCUT2D eigenvalue weighted by atomic mass is 16.7. The quantitative estimate of drug-likeness (QED) is 0.795. The Bertz CT molecular complexity index is 598. The number of aromatic nitrogens is 1. The Morgan fingerprint density at radius 3 is 2.50 bits per heavy atom. The third-order valence-corrected chi connectivity index (χ3v) is 4.50. The van der Waals surface area contributed by atoms with Gasteiger partial charge < -0.3 is 14.0 Å². The molecule has 0 spiro atoms. The number of methoxy groups -OCH3 is 1. The molecule has 2 fully saturated rings. The molecule has 1 aromatic rings. The lowest BCUT2D eigenvalue weighted by molar-refractivity contribution is 0.00578. The van der Waals surface area contributed by atoms with Crippen LogP contribution in [0.4, 0.5) is 0 Å². The summed E-state index contributed by atoms with van der Waals surface area (Å²) in [4.78, 5) is 4.43. The first kappa shape index (κ1) is 10.6. The summed E-state index contributed by atoms with van der Waals surface area (Å²) < 4.78 is 39.2. The van der Waals surface area contributed by atoms with Gasteiger partial charge in [0, 0.05) is 17.6 Å². The Labute approximate surface area is 125 Å². The smallest absolute Gasteiger partial charge is 0.495 e. The predicted molar refractivity (Wildman–Crippen MR) is 78.5 cm³/mol. The van der Waals surface area contributed by atoms with Crippen LogP contribution in [0.2, 0.25) is 0 Å². The SMILES string of the molecule is [2H]C([2H])([2H])Oc1cc(B2OC(C)(C)C(C)(C)O2)cnc1C1CC1. The van der Waals surface area contributed by atoms with E-state index in [1.165, 1.54) is 0 Å². The first-order valence-corrected chi connectivity index (χ1v) is 7.03. The van der Waals surface area contributed by atoms with E-state index >= 15 is 0 Å². The highest BCUT2D eigenvalue weighted by molar-refractivity contribution is 6.62. The van der Waals surface area contributed by atoms with Crippen LogP contribution in [0.15, 0.2) is 12.3 Å². The molecule has 4 nitrogen and oxygen atoms in total. The van der Waals surface area contributed by atoms with Gasteiger partial charge in [-0.3, -0.25) is 4.98 Å². The van der Waals surface area contributed by atoms with E-state index in [4.69, 9.17) is 18.2 Å². The average molecular weight is 278 g/mol. The maximum absolute atomic E-state index is 7.35. The van der Waals surface area contributed by atoms with Crippen molar-refractivity contribution in [1.29, 1.82) is 0 Å². The van der Waals surface area contributed by atoms with Crippen LogP contribution in [-0.2, 0) is 9.31 Å². The molecule has 0 unspecified atom stereocenters. The van der Waals surface area contributed by atoms with Gasteiger partial charge in [-0.25, -0.2) is 0 Å². The van der Waals surface area contributed by atoms with Crippen molar-refractivity contribution >= 4 is 12.6 Å². The van der Waals surface area contributed by atoms with E-state index in [-0.39, 0.29) is 0 Å². The first-order chi connectivity index (χ1) is 10.5. The largest absolute Gasteiger partial charge is 0.496 e. The molecule has 0 N–H and O–H groups in total. The summed E-state index contributed by atoms with van der Waals surface area (Å²) in [6.45, 7) is 7.88. The molecule has 0 amide bonds. The number of hydrogen-bond donors (Lipinski definition) is 0. The van der Waals surface area contributed by atoms with Crippen LogP contribution < -0.4 is 10.2 Å². The van der Waals surface area contributed by atoms with Crippen molar-refractivity contribution in [2.24, 2.45) is 0 Å². The van der Waals surface area contributed by atoms with E-state index in [1.54, 1.807) is 12.3 Å². The summed E-state index contributed by atoms with van der Waals surface area (Å²) >= 11 is 0. The van der Waals surface area contributed by atoms with Crippen molar-refractivity contribution < 1.29 is 18.2 Å². The Morgan fingerprint density at radius 1 is 1.30 bits per heavy atom. The van der Waals surface area contributed by atoms with E-state index in [0.717, 1.165) is 12.8 Å². The van der Waals surface area contributed by atoms with Gasteiger partial charge in [0.05, 0.1) is 28.0 Å². The van der Waals surface area contributed by atoms with Crippen LogP contribution >= 0.6 is 0 Å². The molecule has 1 aliphatic heterocycles. The summed E-state index contributed by atoms with van der Waals surface area (Å²) in [5, 5.41) is 0. The summed E-state index contributed by atoms with van der Waals surface area (Å²) in [5.74, 6) is 0.597. The van der Waals surface area contributed by atoms with Crippen molar-refractivity contribution in [3.63, 3.8) is 0 Å². The molecule has 20 heavy (non-hydrogen) atoms. The Morgan fingerprint density at radius 2 is 1.95 bits per heavy atom. The predicted octanol–water partition coefficient (Wildman–Crippen LogP) is 2.27. The minimum absolute atomic E-state index is 0.291.